The number of imide groups is 1. The van der Waals surface area contributed by atoms with Crippen LogP contribution in [0.25, 0.3) is 27.9 Å². The summed E-state index contributed by atoms with van der Waals surface area (Å²) in [5.74, 6) is 0.284. The summed E-state index contributed by atoms with van der Waals surface area (Å²) in [5.41, 5.74) is 1.68. The number of allylic oxidation sites excluding steroid dienone is 1. The summed E-state index contributed by atoms with van der Waals surface area (Å²) in [4.78, 5) is 37.1. The van der Waals surface area contributed by atoms with Crippen LogP contribution < -0.4 is 25.0 Å². The number of nitrogens with one attached hydrogen (secondary N) is 1. The van der Waals surface area contributed by atoms with Crippen LogP contribution in [-0.4, -0.2) is 31.5 Å². The molecule has 39 heavy (non-hydrogen) atoms. The number of benzene rings is 3. The Labute approximate surface area is 226 Å². The first-order valence-electron chi connectivity index (χ1n) is 11.8. The van der Waals surface area contributed by atoms with E-state index in [1.54, 1.807) is 56.5 Å². The quantitative estimate of drug-likeness (QED) is 0.219. The summed E-state index contributed by atoms with van der Waals surface area (Å²) in [6.45, 7) is 1.83. The highest BCUT2D eigenvalue weighted by molar-refractivity contribution is 8.18. The number of carbonyl (C=O) groups is 2. The number of methoxy groups -OCH3 is 1. The van der Waals surface area contributed by atoms with Gasteiger partial charge < -0.3 is 18.6 Å². The Morgan fingerprint density at radius 2 is 1.72 bits per heavy atom. The molecule has 2 amide bonds. The predicted octanol–water partition coefficient (Wildman–Crippen LogP) is 5.78. The summed E-state index contributed by atoms with van der Waals surface area (Å²) in [5, 5.41) is 1.90. The van der Waals surface area contributed by atoms with E-state index in [4.69, 9.17) is 18.6 Å². The zero-order valence-electron chi connectivity index (χ0n) is 20.9. The summed E-state index contributed by atoms with van der Waals surface area (Å²) in [7, 11) is 1.55. The molecule has 1 N–H and O–H groups in total. The van der Waals surface area contributed by atoms with E-state index in [1.807, 2.05) is 6.07 Å². The van der Waals surface area contributed by atoms with Gasteiger partial charge in [0.15, 0.2) is 5.76 Å². The van der Waals surface area contributed by atoms with Crippen molar-refractivity contribution in [2.45, 2.75) is 6.92 Å². The molecule has 0 bridgehead atoms. The average molecular weight is 548 g/mol. The Balaban J connectivity index is 1.36. The molecule has 4 aromatic rings. The Kier molecular flexibility index (Phi) is 7.38. The van der Waals surface area contributed by atoms with Gasteiger partial charge in [-0.3, -0.25) is 19.7 Å². The van der Waals surface area contributed by atoms with Crippen molar-refractivity contribution in [2.75, 3.05) is 20.3 Å². The minimum atomic E-state index is -0.565. The summed E-state index contributed by atoms with van der Waals surface area (Å²) >= 11 is 0.856. The second-order valence-electron chi connectivity index (χ2n) is 8.48. The van der Waals surface area contributed by atoms with E-state index in [0.29, 0.717) is 27.5 Å². The highest BCUT2D eigenvalue weighted by Gasteiger charge is 2.27. The first-order valence-corrected chi connectivity index (χ1v) is 12.7. The predicted molar refractivity (Wildman–Crippen MR) is 146 cm³/mol. The van der Waals surface area contributed by atoms with E-state index in [0.717, 1.165) is 23.4 Å². The number of amides is 2. The van der Waals surface area contributed by atoms with Crippen molar-refractivity contribution >= 4 is 39.5 Å². The van der Waals surface area contributed by atoms with Crippen LogP contribution in [0.5, 0.6) is 17.2 Å². The van der Waals surface area contributed by atoms with Crippen LogP contribution >= 0.6 is 11.8 Å². The molecular weight excluding hydrogens is 525 g/mol. The number of thioether (sulfide) groups is 1. The fourth-order valence-corrected chi connectivity index (χ4v) is 4.77. The lowest BCUT2D eigenvalue weighted by molar-refractivity contribution is -0.115. The summed E-state index contributed by atoms with van der Waals surface area (Å²) < 4.78 is 36.7. The van der Waals surface area contributed by atoms with Gasteiger partial charge in [-0.25, -0.2) is 4.39 Å². The number of halogens is 1. The number of carbonyl (C=O) groups excluding carboxylic acids is 2. The molecule has 2 heterocycles. The topological polar surface area (TPSA) is 104 Å². The van der Waals surface area contributed by atoms with Crippen molar-refractivity contribution < 1.29 is 32.6 Å². The molecule has 1 aliphatic rings. The molecule has 1 fully saturated rings. The van der Waals surface area contributed by atoms with Gasteiger partial charge in [0, 0.05) is 5.56 Å². The van der Waals surface area contributed by atoms with Gasteiger partial charge >= 0.3 is 0 Å². The Bertz CT molecular complexity index is 1680. The molecule has 1 saturated heterocycles. The Morgan fingerprint density at radius 1 is 0.949 bits per heavy atom. The lowest BCUT2D eigenvalue weighted by Crippen LogP contribution is -2.18. The highest BCUT2D eigenvalue weighted by Crippen LogP contribution is 2.34. The molecule has 0 atom stereocenters. The van der Waals surface area contributed by atoms with Gasteiger partial charge in [-0.15, -0.1) is 0 Å². The molecule has 1 aliphatic heterocycles. The molecule has 3 aromatic carbocycles. The average Bonchev–Trinajstić information content (AvgIpc) is 3.29. The minimum absolute atomic E-state index is 0.00814. The van der Waals surface area contributed by atoms with Gasteiger partial charge in [-0.2, -0.15) is 0 Å². The van der Waals surface area contributed by atoms with Crippen molar-refractivity contribution in [1.82, 2.24) is 5.32 Å². The summed E-state index contributed by atoms with van der Waals surface area (Å²) in [6.07, 6.45) is 0. The van der Waals surface area contributed by atoms with Crippen molar-refractivity contribution in [2.24, 2.45) is 0 Å². The van der Waals surface area contributed by atoms with Gasteiger partial charge in [0.05, 0.1) is 17.4 Å². The van der Waals surface area contributed by atoms with Crippen LogP contribution in [0.4, 0.5) is 9.18 Å². The molecule has 0 radical (unpaired) electrons. The van der Waals surface area contributed by atoms with Crippen LogP contribution in [0.15, 0.2) is 80.8 Å². The monoisotopic (exact) mass is 547 g/mol. The van der Waals surface area contributed by atoms with Crippen molar-refractivity contribution in [3.05, 3.63) is 93.2 Å². The molecular formula is C29H22FNO7S. The zero-order chi connectivity index (χ0) is 27.5. The third-order valence-corrected chi connectivity index (χ3v) is 6.97. The molecule has 0 saturated carbocycles. The molecule has 1 aromatic heterocycles. The second kappa shape index (κ2) is 11.0. The molecule has 198 valence electrons. The Hall–Kier alpha value is -4.57. The molecule has 0 aliphatic carbocycles. The molecule has 0 spiro atoms. The minimum Gasteiger partial charge on any atom is -0.497 e. The maximum Gasteiger partial charge on any atom is 0.290 e. The first-order chi connectivity index (χ1) is 18.8. The van der Waals surface area contributed by atoms with Gasteiger partial charge in [0.1, 0.15) is 36.1 Å². The third kappa shape index (κ3) is 5.51. The van der Waals surface area contributed by atoms with E-state index in [2.05, 4.69) is 5.32 Å². The smallest absolute Gasteiger partial charge is 0.290 e. The normalized spacial score (nSPS) is 14.3. The van der Waals surface area contributed by atoms with E-state index in [9.17, 15) is 18.8 Å². The van der Waals surface area contributed by atoms with Crippen LogP contribution in [0.2, 0.25) is 0 Å². The van der Waals surface area contributed by atoms with Gasteiger partial charge in [-0.05, 0) is 84.4 Å². The maximum absolute atomic E-state index is 13.9. The van der Waals surface area contributed by atoms with Crippen LogP contribution in [0.3, 0.4) is 0 Å². The third-order valence-electron chi connectivity index (χ3n) is 5.99. The van der Waals surface area contributed by atoms with E-state index in [-0.39, 0.29) is 35.7 Å². The van der Waals surface area contributed by atoms with Crippen molar-refractivity contribution in [1.29, 1.82) is 0 Å². The largest absolute Gasteiger partial charge is 0.497 e. The van der Waals surface area contributed by atoms with Crippen molar-refractivity contribution in [3.63, 3.8) is 0 Å². The van der Waals surface area contributed by atoms with Gasteiger partial charge in [-0.1, -0.05) is 12.1 Å². The molecule has 5 rings (SSSR count). The SMILES string of the molecule is COc1ccc(-c2oc3ccc(F)cc3c(=O)c2OCCOc2cccc(/C(C)=C3\SC(=O)NC3=O)c2)cc1. The van der Waals surface area contributed by atoms with Crippen LogP contribution in [0.1, 0.15) is 12.5 Å². The first kappa shape index (κ1) is 26.1. The molecule has 0 unspecified atom stereocenters. The van der Waals surface area contributed by atoms with Crippen LogP contribution in [-0.2, 0) is 4.79 Å². The number of fused-ring (bicyclic) bond motifs is 1. The number of ether oxygens (including phenoxy) is 3. The van der Waals surface area contributed by atoms with Crippen molar-refractivity contribution in [3.8, 4) is 28.6 Å². The number of hydrogen-bond acceptors (Lipinski definition) is 8. The number of hydrogen-bond donors (Lipinski definition) is 1. The molecule has 8 nitrogen and oxygen atoms in total. The highest BCUT2D eigenvalue weighted by atomic mass is 32.2. The summed E-state index contributed by atoms with van der Waals surface area (Å²) in [6, 6.07) is 17.7. The maximum atomic E-state index is 13.9. The zero-order valence-corrected chi connectivity index (χ0v) is 21.7. The van der Waals surface area contributed by atoms with E-state index in [1.165, 1.54) is 12.1 Å². The molecule has 10 heteroatoms. The fourth-order valence-electron chi connectivity index (χ4n) is 4.03. The Morgan fingerprint density at radius 3 is 2.44 bits per heavy atom. The van der Waals surface area contributed by atoms with Gasteiger partial charge in [0.2, 0.25) is 11.2 Å². The fraction of sp³-hybridized carbons (Fsp3) is 0.138. The van der Waals surface area contributed by atoms with E-state index >= 15 is 0 Å². The van der Waals surface area contributed by atoms with E-state index < -0.39 is 22.4 Å². The standard InChI is InChI=1S/C29H22FNO7S/c1-16(27-28(33)31-29(34)39-27)18-4-3-5-21(14-18)36-12-13-37-26-24(32)22-15-19(30)8-11-23(22)38-25(26)17-6-9-20(35-2)10-7-17/h3-11,14-15H,12-13H2,1-2H3,(H,31,33,34)/b27-16-. The van der Waals surface area contributed by atoms with Gasteiger partial charge in [0.25, 0.3) is 11.1 Å². The lowest BCUT2D eigenvalue weighted by atomic mass is 10.1. The lowest BCUT2D eigenvalue weighted by Gasteiger charge is -2.13. The number of rotatable bonds is 8. The van der Waals surface area contributed by atoms with Crippen LogP contribution in [0, 0.1) is 5.82 Å². The second-order valence-corrected chi connectivity index (χ2v) is 9.46.